The Balaban J connectivity index is 1.90. The monoisotopic (exact) mass is 429 g/mol. The van der Waals surface area contributed by atoms with Gasteiger partial charge in [0.05, 0.1) is 17.3 Å². The highest BCUT2D eigenvalue weighted by atomic mass is 35.5. The Morgan fingerprint density at radius 3 is 2.43 bits per heavy atom. The average molecular weight is 430 g/mol. The van der Waals surface area contributed by atoms with Crippen LogP contribution in [0.4, 0.5) is 0 Å². The summed E-state index contributed by atoms with van der Waals surface area (Å²) in [7, 11) is 0. The second-order valence-electron chi connectivity index (χ2n) is 6.34. The van der Waals surface area contributed by atoms with Crippen LogP contribution >= 0.6 is 35.0 Å². The molecule has 0 spiro atoms. The van der Waals surface area contributed by atoms with Gasteiger partial charge in [-0.1, -0.05) is 60.1 Å². The van der Waals surface area contributed by atoms with Gasteiger partial charge in [-0.05, 0) is 42.3 Å². The summed E-state index contributed by atoms with van der Waals surface area (Å²) in [5, 5.41) is 10.5. The van der Waals surface area contributed by atoms with E-state index >= 15 is 0 Å². The molecule has 4 nitrogen and oxygen atoms in total. The molecule has 0 amide bonds. The zero-order valence-corrected chi connectivity index (χ0v) is 17.6. The lowest BCUT2D eigenvalue weighted by atomic mass is 9.95. The van der Waals surface area contributed by atoms with E-state index in [1.165, 1.54) is 11.8 Å². The first-order chi connectivity index (χ1) is 13.4. The van der Waals surface area contributed by atoms with Crippen molar-refractivity contribution in [3.63, 3.8) is 0 Å². The summed E-state index contributed by atoms with van der Waals surface area (Å²) >= 11 is 14.1. The van der Waals surface area contributed by atoms with Crippen molar-refractivity contribution >= 4 is 35.0 Å². The lowest BCUT2D eigenvalue weighted by Gasteiger charge is -2.17. The number of nitriles is 1. The molecule has 0 radical (unpaired) electrons. The van der Waals surface area contributed by atoms with E-state index in [1.807, 2.05) is 19.1 Å². The van der Waals surface area contributed by atoms with E-state index in [0.717, 1.165) is 11.1 Å². The van der Waals surface area contributed by atoms with Gasteiger partial charge in [-0.25, -0.2) is 4.98 Å². The van der Waals surface area contributed by atoms with Gasteiger partial charge in [0.15, 0.2) is 5.16 Å². The van der Waals surface area contributed by atoms with Crippen LogP contribution in [0.5, 0.6) is 0 Å². The lowest BCUT2D eigenvalue weighted by Crippen LogP contribution is -2.18. The number of aromatic amines is 1. The SMILES string of the molecule is Cc1c(C(C)c2c(Cl)cccc2Cl)nc(SCc2ccc(C#N)cc2)[nH]c1=O. The van der Waals surface area contributed by atoms with Gasteiger partial charge in [0.1, 0.15) is 0 Å². The van der Waals surface area contributed by atoms with Crippen molar-refractivity contribution in [1.29, 1.82) is 5.26 Å². The van der Waals surface area contributed by atoms with Crippen LogP contribution in [0.3, 0.4) is 0 Å². The summed E-state index contributed by atoms with van der Waals surface area (Å²) < 4.78 is 0. The van der Waals surface area contributed by atoms with E-state index in [4.69, 9.17) is 28.5 Å². The number of aromatic nitrogens is 2. The number of nitrogens with zero attached hydrogens (tertiary/aromatic N) is 2. The molecule has 1 heterocycles. The van der Waals surface area contributed by atoms with Crippen LogP contribution in [0, 0.1) is 18.3 Å². The first-order valence-electron chi connectivity index (χ1n) is 8.57. The molecule has 0 fully saturated rings. The number of H-pyrrole nitrogens is 1. The van der Waals surface area contributed by atoms with E-state index in [1.54, 1.807) is 37.3 Å². The molecular formula is C21H17Cl2N3OS. The quantitative estimate of drug-likeness (QED) is 0.416. The number of benzene rings is 2. The molecular weight excluding hydrogens is 413 g/mol. The maximum atomic E-state index is 12.5. The van der Waals surface area contributed by atoms with Gasteiger partial charge in [-0.15, -0.1) is 0 Å². The standard InChI is InChI=1S/C21H17Cl2N3OS/c1-12(18-16(22)4-3-5-17(18)23)19-13(2)20(27)26-21(25-19)28-11-15-8-6-14(10-24)7-9-15/h3-9,12H,11H2,1-2H3,(H,25,26,27). The molecule has 0 aliphatic heterocycles. The Morgan fingerprint density at radius 1 is 1.18 bits per heavy atom. The van der Waals surface area contributed by atoms with Crippen LogP contribution in [-0.4, -0.2) is 9.97 Å². The van der Waals surface area contributed by atoms with Crippen molar-refractivity contribution < 1.29 is 0 Å². The van der Waals surface area contributed by atoms with Crippen molar-refractivity contribution in [3.8, 4) is 6.07 Å². The summed E-state index contributed by atoms with van der Waals surface area (Å²) in [5.74, 6) is 0.399. The summed E-state index contributed by atoms with van der Waals surface area (Å²) in [6, 6.07) is 14.8. The molecule has 1 N–H and O–H groups in total. The number of rotatable bonds is 5. The summed E-state index contributed by atoms with van der Waals surface area (Å²) in [5.41, 5.74) is 3.43. The van der Waals surface area contributed by atoms with Crippen molar-refractivity contribution in [2.24, 2.45) is 0 Å². The molecule has 3 aromatic rings. The number of nitrogens with one attached hydrogen (secondary N) is 1. The second-order valence-corrected chi connectivity index (χ2v) is 8.11. The van der Waals surface area contributed by atoms with Gasteiger partial charge in [-0.3, -0.25) is 4.79 Å². The minimum atomic E-state index is -0.224. The highest BCUT2D eigenvalue weighted by Gasteiger charge is 2.21. The fraction of sp³-hybridized carbons (Fsp3) is 0.190. The molecule has 1 atom stereocenters. The third-order valence-corrected chi connectivity index (χ3v) is 6.07. The van der Waals surface area contributed by atoms with Gasteiger partial charge in [0, 0.05) is 27.3 Å². The maximum absolute atomic E-state index is 12.5. The van der Waals surface area contributed by atoms with Crippen molar-refractivity contribution in [1.82, 2.24) is 9.97 Å². The maximum Gasteiger partial charge on any atom is 0.254 e. The first-order valence-corrected chi connectivity index (χ1v) is 10.3. The highest BCUT2D eigenvalue weighted by Crippen LogP contribution is 2.35. The van der Waals surface area contributed by atoms with E-state index in [2.05, 4.69) is 16.0 Å². The zero-order chi connectivity index (χ0) is 20.3. The average Bonchev–Trinajstić information content (AvgIpc) is 2.68. The molecule has 1 unspecified atom stereocenters. The third-order valence-electron chi connectivity index (χ3n) is 4.47. The Bertz CT molecular complexity index is 1080. The minimum absolute atomic E-state index is 0.178. The molecule has 28 heavy (non-hydrogen) atoms. The summed E-state index contributed by atoms with van der Waals surface area (Å²) in [6.45, 7) is 3.69. The number of hydrogen-bond acceptors (Lipinski definition) is 4. The minimum Gasteiger partial charge on any atom is -0.301 e. The van der Waals surface area contributed by atoms with Gasteiger partial charge < -0.3 is 4.98 Å². The number of hydrogen-bond donors (Lipinski definition) is 1. The lowest BCUT2D eigenvalue weighted by molar-refractivity contribution is 0.784. The molecule has 0 saturated carbocycles. The number of halogens is 2. The molecule has 3 rings (SSSR count). The van der Waals surface area contributed by atoms with Crippen molar-refractivity contribution in [3.05, 3.63) is 90.8 Å². The Morgan fingerprint density at radius 2 is 1.82 bits per heavy atom. The predicted molar refractivity (Wildman–Crippen MR) is 114 cm³/mol. The Kier molecular flexibility index (Phi) is 6.46. The fourth-order valence-electron chi connectivity index (χ4n) is 2.91. The van der Waals surface area contributed by atoms with Crippen LogP contribution in [0.25, 0.3) is 0 Å². The van der Waals surface area contributed by atoms with Gasteiger partial charge in [0.2, 0.25) is 0 Å². The fourth-order valence-corrected chi connectivity index (χ4v) is 4.46. The Hall–Kier alpha value is -2.26. The molecule has 0 aliphatic rings. The Labute approximate surface area is 177 Å². The molecule has 1 aromatic heterocycles. The molecule has 0 saturated heterocycles. The van der Waals surface area contributed by atoms with Crippen LogP contribution in [0.15, 0.2) is 52.4 Å². The summed E-state index contributed by atoms with van der Waals surface area (Å²) in [6.07, 6.45) is 0. The smallest absolute Gasteiger partial charge is 0.254 e. The third kappa shape index (κ3) is 4.41. The van der Waals surface area contributed by atoms with E-state index in [0.29, 0.717) is 37.8 Å². The van der Waals surface area contributed by atoms with E-state index < -0.39 is 0 Å². The first kappa shape index (κ1) is 20.5. The highest BCUT2D eigenvalue weighted by molar-refractivity contribution is 7.98. The van der Waals surface area contributed by atoms with Gasteiger partial charge in [0.25, 0.3) is 5.56 Å². The van der Waals surface area contributed by atoms with Gasteiger partial charge >= 0.3 is 0 Å². The predicted octanol–water partition coefficient (Wildman–Crippen LogP) is 5.70. The molecule has 2 aromatic carbocycles. The molecule has 0 aliphatic carbocycles. The topological polar surface area (TPSA) is 69.5 Å². The number of thioether (sulfide) groups is 1. The van der Waals surface area contributed by atoms with Crippen molar-refractivity contribution in [2.45, 2.75) is 30.7 Å². The van der Waals surface area contributed by atoms with Crippen LogP contribution < -0.4 is 5.56 Å². The second kappa shape index (κ2) is 8.83. The van der Waals surface area contributed by atoms with E-state index in [-0.39, 0.29) is 11.5 Å². The van der Waals surface area contributed by atoms with Gasteiger partial charge in [-0.2, -0.15) is 5.26 Å². The summed E-state index contributed by atoms with van der Waals surface area (Å²) in [4.78, 5) is 20.0. The van der Waals surface area contributed by atoms with Crippen LogP contribution in [0.2, 0.25) is 10.0 Å². The van der Waals surface area contributed by atoms with Crippen LogP contribution in [-0.2, 0) is 5.75 Å². The normalized spacial score (nSPS) is 11.8. The van der Waals surface area contributed by atoms with Crippen molar-refractivity contribution in [2.75, 3.05) is 0 Å². The van der Waals surface area contributed by atoms with E-state index in [9.17, 15) is 4.79 Å². The molecule has 7 heteroatoms. The van der Waals surface area contributed by atoms with Crippen LogP contribution in [0.1, 0.15) is 40.8 Å². The molecule has 142 valence electrons. The largest absolute Gasteiger partial charge is 0.301 e. The molecule has 0 bridgehead atoms. The zero-order valence-electron chi connectivity index (χ0n) is 15.3.